The second-order valence-corrected chi connectivity index (χ2v) is 5.64. The molecule has 0 radical (unpaired) electrons. The van der Waals surface area contributed by atoms with E-state index in [1.807, 2.05) is 0 Å². The monoisotopic (exact) mass is 365 g/mol. The predicted octanol–water partition coefficient (Wildman–Crippen LogP) is 2.00. The Balaban J connectivity index is 2.94. The van der Waals surface area contributed by atoms with Crippen molar-refractivity contribution in [3.63, 3.8) is 0 Å². The number of carbonyl (C=O) groups excluding carboxylic acids is 2. The quantitative estimate of drug-likeness (QED) is 0.466. The van der Waals surface area contributed by atoms with Gasteiger partial charge in [0.05, 0.1) is 33.9 Å². The van der Waals surface area contributed by atoms with E-state index in [1.54, 1.807) is 57.4 Å². The first-order valence-electron chi connectivity index (χ1n) is 8.22. The third-order valence-electron chi connectivity index (χ3n) is 3.82. The van der Waals surface area contributed by atoms with Gasteiger partial charge in [0, 0.05) is 31.8 Å². The summed E-state index contributed by atoms with van der Waals surface area (Å²) < 4.78 is 20.3. The number of carbonyl (C=O) groups is 2. The van der Waals surface area contributed by atoms with Crippen molar-refractivity contribution >= 4 is 18.0 Å². The van der Waals surface area contributed by atoms with Crippen LogP contribution in [-0.2, 0) is 19.1 Å². The van der Waals surface area contributed by atoms with Crippen LogP contribution in [0.2, 0.25) is 0 Å². The molecule has 0 fully saturated rings. The zero-order valence-corrected chi connectivity index (χ0v) is 16.0. The summed E-state index contributed by atoms with van der Waals surface area (Å²) in [6.45, 7) is 2.70. The Labute approximate surface area is 154 Å². The van der Waals surface area contributed by atoms with Crippen LogP contribution in [0.15, 0.2) is 24.3 Å². The summed E-state index contributed by atoms with van der Waals surface area (Å²) in [5, 5.41) is 0. The van der Waals surface area contributed by atoms with Crippen LogP contribution in [0.4, 0.5) is 0 Å². The molecule has 26 heavy (non-hydrogen) atoms. The van der Waals surface area contributed by atoms with Crippen LogP contribution in [0.1, 0.15) is 12.5 Å². The van der Waals surface area contributed by atoms with Crippen LogP contribution in [0.5, 0.6) is 11.5 Å². The summed E-state index contributed by atoms with van der Waals surface area (Å²) in [7, 11) is 6.02. The molecule has 0 spiro atoms. The average molecular weight is 365 g/mol. The zero-order valence-electron chi connectivity index (χ0n) is 16.0. The van der Waals surface area contributed by atoms with Gasteiger partial charge >= 0.3 is 5.97 Å². The Morgan fingerprint density at radius 3 is 2.46 bits per heavy atom. The SMILES string of the molecule is COCCN(CC(C)C(=O)OC)C(=O)/C=C/c1cc(OC)ccc1OC. The van der Waals surface area contributed by atoms with Crippen molar-refractivity contribution in [1.82, 2.24) is 4.90 Å². The largest absolute Gasteiger partial charge is 0.497 e. The summed E-state index contributed by atoms with van der Waals surface area (Å²) in [6, 6.07) is 5.32. The summed E-state index contributed by atoms with van der Waals surface area (Å²) in [5.74, 6) is 0.261. The Hall–Kier alpha value is -2.54. The third kappa shape index (κ3) is 6.40. The molecule has 1 rings (SSSR count). The van der Waals surface area contributed by atoms with Crippen molar-refractivity contribution in [3.05, 3.63) is 29.8 Å². The minimum absolute atomic E-state index is 0.234. The van der Waals surface area contributed by atoms with Gasteiger partial charge in [0.1, 0.15) is 11.5 Å². The first-order valence-corrected chi connectivity index (χ1v) is 8.22. The van der Waals surface area contributed by atoms with E-state index in [1.165, 1.54) is 13.2 Å². The van der Waals surface area contributed by atoms with Gasteiger partial charge in [-0.05, 0) is 24.3 Å². The topological polar surface area (TPSA) is 74.3 Å². The van der Waals surface area contributed by atoms with E-state index < -0.39 is 5.92 Å². The molecule has 1 aromatic rings. The smallest absolute Gasteiger partial charge is 0.310 e. The Bertz CT molecular complexity index is 628. The fourth-order valence-corrected chi connectivity index (χ4v) is 2.34. The van der Waals surface area contributed by atoms with E-state index in [2.05, 4.69) is 0 Å². The summed E-state index contributed by atoms with van der Waals surface area (Å²) in [5.41, 5.74) is 0.716. The molecule has 1 atom stereocenters. The van der Waals surface area contributed by atoms with Gasteiger partial charge in [-0.2, -0.15) is 0 Å². The van der Waals surface area contributed by atoms with E-state index in [4.69, 9.17) is 18.9 Å². The van der Waals surface area contributed by atoms with Gasteiger partial charge in [-0.25, -0.2) is 0 Å². The normalized spacial score (nSPS) is 11.9. The number of methoxy groups -OCH3 is 4. The lowest BCUT2D eigenvalue weighted by Crippen LogP contribution is -2.38. The van der Waals surface area contributed by atoms with Crippen LogP contribution in [-0.4, -0.2) is 64.9 Å². The van der Waals surface area contributed by atoms with E-state index in [0.717, 1.165) is 0 Å². The van der Waals surface area contributed by atoms with Crippen LogP contribution < -0.4 is 9.47 Å². The Morgan fingerprint density at radius 1 is 1.15 bits per heavy atom. The number of hydrogen-bond acceptors (Lipinski definition) is 6. The maximum atomic E-state index is 12.6. The number of rotatable bonds is 10. The van der Waals surface area contributed by atoms with Crippen molar-refractivity contribution in [2.75, 3.05) is 48.1 Å². The molecule has 0 aliphatic carbocycles. The van der Waals surface area contributed by atoms with Gasteiger partial charge in [0.25, 0.3) is 0 Å². The highest BCUT2D eigenvalue weighted by molar-refractivity contribution is 5.92. The van der Waals surface area contributed by atoms with Crippen molar-refractivity contribution < 1.29 is 28.5 Å². The molecule has 0 aliphatic rings. The lowest BCUT2D eigenvalue weighted by Gasteiger charge is -2.23. The van der Waals surface area contributed by atoms with Crippen LogP contribution >= 0.6 is 0 Å². The fraction of sp³-hybridized carbons (Fsp3) is 0.474. The first-order chi connectivity index (χ1) is 12.5. The highest BCUT2D eigenvalue weighted by Crippen LogP contribution is 2.25. The van der Waals surface area contributed by atoms with Crippen molar-refractivity contribution in [2.24, 2.45) is 5.92 Å². The number of amides is 1. The number of hydrogen-bond donors (Lipinski definition) is 0. The van der Waals surface area contributed by atoms with Gasteiger partial charge in [-0.1, -0.05) is 6.92 Å². The maximum Gasteiger partial charge on any atom is 0.310 e. The van der Waals surface area contributed by atoms with Gasteiger partial charge in [0.15, 0.2) is 0 Å². The molecule has 1 aromatic carbocycles. The molecule has 0 saturated carbocycles. The fourth-order valence-electron chi connectivity index (χ4n) is 2.34. The Kier molecular flexibility index (Phi) is 9.22. The molecule has 0 saturated heterocycles. The molecule has 7 nitrogen and oxygen atoms in total. The lowest BCUT2D eigenvalue weighted by molar-refractivity contribution is -0.146. The molecule has 0 bridgehead atoms. The molecular formula is C19H27NO6. The number of benzene rings is 1. The molecule has 0 heterocycles. The van der Waals surface area contributed by atoms with E-state index in [0.29, 0.717) is 30.2 Å². The predicted molar refractivity (Wildman–Crippen MR) is 98.2 cm³/mol. The molecule has 1 amide bonds. The second kappa shape index (κ2) is 11.1. The van der Waals surface area contributed by atoms with Gasteiger partial charge < -0.3 is 23.8 Å². The minimum Gasteiger partial charge on any atom is -0.497 e. The van der Waals surface area contributed by atoms with Crippen LogP contribution in [0, 0.1) is 5.92 Å². The van der Waals surface area contributed by atoms with E-state index in [-0.39, 0.29) is 18.4 Å². The first kappa shape index (κ1) is 21.5. The molecule has 7 heteroatoms. The molecule has 1 unspecified atom stereocenters. The van der Waals surface area contributed by atoms with Crippen molar-refractivity contribution in [2.45, 2.75) is 6.92 Å². The number of esters is 1. The lowest BCUT2D eigenvalue weighted by atomic mass is 10.1. The average Bonchev–Trinajstić information content (AvgIpc) is 2.67. The van der Waals surface area contributed by atoms with Gasteiger partial charge in [-0.3, -0.25) is 9.59 Å². The third-order valence-corrected chi connectivity index (χ3v) is 3.82. The highest BCUT2D eigenvalue weighted by atomic mass is 16.5. The second-order valence-electron chi connectivity index (χ2n) is 5.64. The summed E-state index contributed by atoms with van der Waals surface area (Å²) >= 11 is 0. The maximum absolute atomic E-state index is 12.6. The van der Waals surface area contributed by atoms with Crippen LogP contribution in [0.25, 0.3) is 6.08 Å². The van der Waals surface area contributed by atoms with E-state index >= 15 is 0 Å². The minimum atomic E-state index is -0.430. The number of ether oxygens (including phenoxy) is 4. The molecular weight excluding hydrogens is 338 g/mol. The Morgan fingerprint density at radius 2 is 1.88 bits per heavy atom. The molecule has 0 aliphatic heterocycles. The number of nitrogens with zero attached hydrogens (tertiary/aromatic N) is 1. The highest BCUT2D eigenvalue weighted by Gasteiger charge is 2.20. The van der Waals surface area contributed by atoms with Crippen molar-refractivity contribution in [1.29, 1.82) is 0 Å². The van der Waals surface area contributed by atoms with Crippen molar-refractivity contribution in [3.8, 4) is 11.5 Å². The molecule has 0 N–H and O–H groups in total. The molecule has 144 valence electrons. The van der Waals surface area contributed by atoms with Gasteiger partial charge in [-0.15, -0.1) is 0 Å². The van der Waals surface area contributed by atoms with E-state index in [9.17, 15) is 9.59 Å². The zero-order chi connectivity index (χ0) is 19.5. The standard InChI is InChI=1S/C19H27NO6/c1-14(19(22)26-5)13-20(10-11-23-2)18(21)9-6-15-12-16(24-3)7-8-17(15)25-4/h6-9,12,14H,10-11,13H2,1-5H3/b9-6+. The summed E-state index contributed by atoms with van der Waals surface area (Å²) in [6.07, 6.45) is 3.10. The molecule has 0 aromatic heterocycles. The van der Waals surface area contributed by atoms with Gasteiger partial charge in [0.2, 0.25) is 5.91 Å². The summed E-state index contributed by atoms with van der Waals surface area (Å²) in [4.78, 5) is 25.8. The van der Waals surface area contributed by atoms with Crippen LogP contribution in [0.3, 0.4) is 0 Å².